The molecule has 508 valence electrons. The van der Waals surface area contributed by atoms with Gasteiger partial charge in [-0.15, -0.1) is 0 Å². The summed E-state index contributed by atoms with van der Waals surface area (Å²) in [6.07, 6.45) is 0.827. The molecule has 8 aromatic rings. The largest absolute Gasteiger partial charge is 0.489 e. The van der Waals surface area contributed by atoms with Crippen LogP contribution < -0.4 is 35.7 Å². The van der Waals surface area contributed by atoms with E-state index >= 15 is 9.59 Å². The normalized spacial score (nSPS) is 12.9. The highest BCUT2D eigenvalue weighted by Gasteiger charge is 2.38. The zero-order chi connectivity index (χ0) is 70.5. The third kappa shape index (κ3) is 19.0. The highest BCUT2D eigenvalue weighted by molar-refractivity contribution is 6.03. The van der Waals surface area contributed by atoms with Crippen molar-refractivity contribution in [2.75, 3.05) is 18.5 Å². The molecule has 0 spiro atoms. The Kier molecular flexibility index (Phi) is 24.3. The summed E-state index contributed by atoms with van der Waals surface area (Å²) in [6, 6.07) is 48.1. The third-order valence-corrected chi connectivity index (χ3v) is 16.0. The number of carboxylic acid groups (broad SMARTS) is 1. The van der Waals surface area contributed by atoms with Crippen molar-refractivity contribution in [3.63, 3.8) is 0 Å². The number of nitrogens with one attached hydrogen (secondary N) is 3. The maximum Gasteiger partial charge on any atom is 0.343 e. The van der Waals surface area contributed by atoms with Crippen molar-refractivity contribution < 1.29 is 76.7 Å². The van der Waals surface area contributed by atoms with Gasteiger partial charge in [0.1, 0.15) is 36.9 Å². The highest BCUT2D eigenvalue weighted by atomic mass is 16.6. The summed E-state index contributed by atoms with van der Waals surface area (Å²) < 4.78 is 36.4. The number of para-hydroxylation sites is 2. The van der Waals surface area contributed by atoms with E-state index in [2.05, 4.69) is 5.32 Å². The van der Waals surface area contributed by atoms with Gasteiger partial charge in [0.25, 0.3) is 18.3 Å². The lowest BCUT2D eigenvalue weighted by atomic mass is 9.98. The smallest absolute Gasteiger partial charge is 0.343 e. The van der Waals surface area contributed by atoms with Gasteiger partial charge in [-0.2, -0.15) is 0 Å². The first-order valence-electron chi connectivity index (χ1n) is 31.7. The number of nitrogens with zero attached hydrogens (tertiary/aromatic N) is 2. The van der Waals surface area contributed by atoms with Crippen molar-refractivity contribution in [2.24, 2.45) is 11.5 Å². The quantitative estimate of drug-likeness (QED) is 0.0121. The molecule has 2 amide bonds. The van der Waals surface area contributed by atoms with Gasteiger partial charge < -0.3 is 60.1 Å². The molecule has 0 bridgehead atoms. The van der Waals surface area contributed by atoms with Crippen molar-refractivity contribution in [2.45, 2.75) is 97.2 Å². The molecule has 2 aliphatic heterocycles. The first kappa shape index (κ1) is 71.0. The lowest BCUT2D eigenvalue weighted by Gasteiger charge is -2.31. The van der Waals surface area contributed by atoms with Crippen LogP contribution in [-0.4, -0.2) is 106 Å². The fourth-order valence-corrected chi connectivity index (χ4v) is 11.5. The molecule has 0 saturated carbocycles. The van der Waals surface area contributed by atoms with Crippen molar-refractivity contribution in [1.82, 2.24) is 9.80 Å². The minimum Gasteiger partial charge on any atom is -0.489 e. The SMILES string of the molecule is CC(=O)C[C@@H](C(=O)OCc1ccccc1)N(Cc1cccc(-c2cccc(CN(C(=O)c3cccc4c3OCCCc3cc(NC(=N)N)ccc3C(=O)O4)[C@@H](CC(C)=O)C(=O)OCc3ccccc3)c2)c1)C(=O)c1cccc2c1OCCCc1cc(CC(=N)N)ccc1C(=O)O2.O=CO. The van der Waals surface area contributed by atoms with Crippen LogP contribution >= 0.6 is 0 Å². The van der Waals surface area contributed by atoms with Gasteiger partial charge in [-0.05, 0) is 150 Å². The number of amides is 2. The molecule has 23 heteroatoms. The van der Waals surface area contributed by atoms with Gasteiger partial charge in [-0.25, -0.2) is 19.2 Å². The maximum atomic E-state index is 15.6. The number of Topliss-reactive ketones (excluding diaryl/α,β-unsaturated/α-hetero) is 2. The van der Waals surface area contributed by atoms with Gasteiger partial charge >= 0.3 is 23.9 Å². The monoisotopic (exact) mass is 1340 g/mol. The highest BCUT2D eigenvalue weighted by Crippen LogP contribution is 2.38. The first-order chi connectivity index (χ1) is 47.8. The van der Waals surface area contributed by atoms with Crippen molar-refractivity contribution in [1.29, 1.82) is 10.8 Å². The number of fused-ring (bicyclic) bond motifs is 4. The predicted molar refractivity (Wildman–Crippen MR) is 365 cm³/mol. The number of ether oxygens (including phenoxy) is 6. The number of rotatable bonds is 22. The minimum atomic E-state index is -1.49. The van der Waals surface area contributed by atoms with E-state index in [9.17, 15) is 28.8 Å². The standard InChI is InChI=1S/C75H71N7O14.CH2O2/c1-46(83)35-62(73(89)93-44-48-15-5-3-6-16-48)81(69(85)60-25-11-27-64-67(60)91-33-13-23-55-37-50(40-66(76)77)29-31-58(55)71(87)95-64)42-51-19-9-21-53(38-51)54-22-10-20-52(39-54)43-82(63(36-47(2)84)74(90)94-45-49-17-7-4-8-18-49)70(86)61-26-12-28-65-68(61)92-34-14-24-56-41-57(80-75(78)79)30-32-59(56)72(88)96-65;2-1-3/h3-12,15-22,25-32,37-39,41,62-63H,13-14,23-24,33-36,40,42-45H2,1-2H3,(H3,76,77)(H4,78,79,80);1H,(H,2,3)/t62-,63-;/m0./s1. The van der Waals surface area contributed by atoms with Crippen molar-refractivity contribution >= 4 is 71.2 Å². The van der Waals surface area contributed by atoms with Crippen molar-refractivity contribution in [3.8, 4) is 34.1 Å². The Hall–Kier alpha value is -12.3. The lowest BCUT2D eigenvalue weighted by Crippen LogP contribution is -2.46. The Balaban J connectivity index is 0.00000375. The van der Waals surface area contributed by atoms with Crippen LogP contribution in [0.1, 0.15) is 120 Å². The van der Waals surface area contributed by atoms with E-state index in [0.717, 1.165) is 5.56 Å². The minimum absolute atomic E-state index is 0.0346. The van der Waals surface area contributed by atoms with Crippen LogP contribution in [0.5, 0.6) is 23.0 Å². The second-order valence-corrected chi connectivity index (χ2v) is 23.5. The van der Waals surface area contributed by atoms with E-state index in [1.165, 1.54) is 60.0 Å². The summed E-state index contributed by atoms with van der Waals surface area (Å²) in [5.74, 6) is -6.11. The fraction of sp³-hybridized carbons (Fsp3) is 0.224. The molecule has 99 heavy (non-hydrogen) atoms. The number of carbonyl (C=O) groups excluding carboxylic acids is 8. The maximum absolute atomic E-state index is 15.6. The topological polar surface area (TPSA) is 347 Å². The molecule has 2 aliphatic rings. The number of hydrogen-bond acceptors (Lipinski definition) is 17. The zero-order valence-corrected chi connectivity index (χ0v) is 54.4. The van der Waals surface area contributed by atoms with E-state index < -0.39 is 72.2 Å². The van der Waals surface area contributed by atoms with Crippen molar-refractivity contribution in [3.05, 3.63) is 243 Å². The van der Waals surface area contributed by atoms with Gasteiger partial charge in [-0.3, -0.25) is 34.8 Å². The summed E-state index contributed by atoms with van der Waals surface area (Å²) in [6.45, 7) is 1.62. The molecular weight excluding hydrogens is 1270 g/mol. The first-order valence-corrected chi connectivity index (χ1v) is 31.7. The average Bonchev–Trinajstić information content (AvgIpc) is 0.799. The number of carbonyl (C=O) groups is 9. The average molecular weight is 1340 g/mol. The number of anilines is 1. The molecule has 0 saturated heterocycles. The lowest BCUT2D eigenvalue weighted by molar-refractivity contribution is -0.152. The van der Waals surface area contributed by atoms with E-state index in [0.29, 0.717) is 75.9 Å². The van der Waals surface area contributed by atoms with Gasteiger partial charge in [-0.1, -0.05) is 121 Å². The molecular formula is C76H73N7O16. The molecule has 8 aromatic carbocycles. The van der Waals surface area contributed by atoms with Crippen LogP contribution in [0.4, 0.5) is 5.69 Å². The van der Waals surface area contributed by atoms with Crippen LogP contribution in [0.25, 0.3) is 11.1 Å². The van der Waals surface area contributed by atoms with E-state index in [4.69, 9.17) is 60.6 Å². The summed E-state index contributed by atoms with van der Waals surface area (Å²) in [5, 5.41) is 25.1. The van der Waals surface area contributed by atoms with Crippen LogP contribution in [0, 0.1) is 10.8 Å². The molecule has 0 aliphatic carbocycles. The number of amidine groups is 1. The number of nitrogens with two attached hydrogens (primary N) is 2. The molecule has 23 nitrogen and oxygen atoms in total. The molecule has 0 aromatic heterocycles. The number of hydrogen-bond donors (Lipinski definition) is 6. The molecule has 0 unspecified atom stereocenters. The van der Waals surface area contributed by atoms with E-state index in [1.54, 1.807) is 115 Å². The molecule has 2 atom stereocenters. The summed E-state index contributed by atoms with van der Waals surface area (Å²) in [7, 11) is 0. The second kappa shape index (κ2) is 33.9. The van der Waals surface area contributed by atoms with Crippen LogP contribution in [0.2, 0.25) is 0 Å². The number of aryl methyl sites for hydroxylation is 2. The Morgan fingerprint density at radius 3 is 1.40 bits per heavy atom. The number of ketones is 2. The summed E-state index contributed by atoms with van der Waals surface area (Å²) >= 11 is 0. The van der Waals surface area contributed by atoms with Gasteiger partial charge in [0.15, 0.2) is 29.0 Å². The Morgan fingerprint density at radius 1 is 0.545 bits per heavy atom. The Labute approximate surface area is 570 Å². The zero-order valence-electron chi connectivity index (χ0n) is 54.4. The molecule has 10 rings (SSSR count). The fourth-order valence-electron chi connectivity index (χ4n) is 11.5. The number of benzene rings is 8. The van der Waals surface area contributed by atoms with Crippen LogP contribution in [0.15, 0.2) is 182 Å². The summed E-state index contributed by atoms with van der Waals surface area (Å²) in [4.78, 5) is 126. The molecule has 2 heterocycles. The van der Waals surface area contributed by atoms with Gasteiger partial charge in [0, 0.05) is 38.0 Å². The Bertz CT molecular complexity index is 4080. The van der Waals surface area contributed by atoms with Crippen LogP contribution in [-0.2, 0) is 79.0 Å². The second-order valence-electron chi connectivity index (χ2n) is 23.5. The molecule has 8 N–H and O–H groups in total. The molecule has 0 radical (unpaired) electrons. The van der Waals surface area contributed by atoms with E-state index in [-0.39, 0.29) is 109 Å². The number of guanidine groups is 1. The number of esters is 4. The van der Waals surface area contributed by atoms with Gasteiger partial charge in [0.2, 0.25) is 0 Å². The van der Waals surface area contributed by atoms with Gasteiger partial charge in [0.05, 0.1) is 41.3 Å². The van der Waals surface area contributed by atoms with E-state index in [1.807, 2.05) is 30.3 Å². The third-order valence-electron chi connectivity index (χ3n) is 16.0. The summed E-state index contributed by atoms with van der Waals surface area (Å²) in [5.41, 5.74) is 17.7. The van der Waals surface area contributed by atoms with Crippen LogP contribution in [0.3, 0.4) is 0 Å². The Morgan fingerprint density at radius 2 is 0.970 bits per heavy atom. The predicted octanol–water partition coefficient (Wildman–Crippen LogP) is 10.4. The molecule has 0 fully saturated rings.